The maximum absolute atomic E-state index is 12.4. The number of hydrogen-bond donors (Lipinski definition) is 1. The lowest BCUT2D eigenvalue weighted by atomic mass is 10.2. The predicted octanol–water partition coefficient (Wildman–Crippen LogP) is 4.46. The number of rotatable bonds is 8. The molecule has 1 amide bonds. The number of carbonyl (C=O) groups is 2. The third-order valence-corrected chi connectivity index (χ3v) is 4.36. The van der Waals surface area contributed by atoms with Gasteiger partial charge in [0.05, 0.1) is 18.4 Å². The molecule has 3 aromatic carbocycles. The Balaban J connectivity index is 1.53. The Labute approximate surface area is 175 Å². The fourth-order valence-corrected chi connectivity index (χ4v) is 2.69. The number of amides is 1. The summed E-state index contributed by atoms with van der Waals surface area (Å²) in [5, 5.41) is 2.70. The van der Waals surface area contributed by atoms with Crippen LogP contribution in [-0.4, -0.2) is 25.1 Å². The first-order valence-electron chi connectivity index (χ1n) is 9.48. The molecule has 30 heavy (non-hydrogen) atoms. The number of methoxy groups -OCH3 is 1. The van der Waals surface area contributed by atoms with E-state index >= 15 is 0 Å². The van der Waals surface area contributed by atoms with E-state index in [0.717, 1.165) is 5.56 Å². The van der Waals surface area contributed by atoms with Gasteiger partial charge in [0.25, 0.3) is 5.91 Å². The molecule has 0 bridgehead atoms. The van der Waals surface area contributed by atoms with Crippen LogP contribution in [0.25, 0.3) is 0 Å². The molecule has 0 aliphatic carbocycles. The molecule has 154 valence electrons. The van der Waals surface area contributed by atoms with Crippen molar-refractivity contribution in [2.24, 2.45) is 0 Å². The number of nitrogens with one attached hydrogen (secondary N) is 1. The zero-order valence-corrected chi connectivity index (χ0v) is 16.8. The zero-order valence-electron chi connectivity index (χ0n) is 16.8. The van der Waals surface area contributed by atoms with E-state index in [9.17, 15) is 9.59 Å². The second-order valence-electron chi connectivity index (χ2n) is 6.54. The Morgan fingerprint density at radius 2 is 1.57 bits per heavy atom. The summed E-state index contributed by atoms with van der Waals surface area (Å²) < 4.78 is 16.2. The standard InChI is InChI=1S/C24H23NO5/c1-17(23(26)25-21-10-6-7-11-22(21)28-2)30-24(27)19-12-14-20(15-13-19)29-16-18-8-4-3-5-9-18/h3-15,17H,16H2,1-2H3,(H,25,26)/t17-/m1/s1. The van der Waals surface area contributed by atoms with Crippen LogP contribution in [0.2, 0.25) is 0 Å². The van der Waals surface area contributed by atoms with Crippen LogP contribution in [0.1, 0.15) is 22.8 Å². The first kappa shape index (κ1) is 20.9. The number of esters is 1. The van der Waals surface area contributed by atoms with Gasteiger partial charge in [-0.25, -0.2) is 4.79 Å². The lowest BCUT2D eigenvalue weighted by molar-refractivity contribution is -0.123. The SMILES string of the molecule is COc1ccccc1NC(=O)[C@@H](C)OC(=O)c1ccc(OCc2ccccc2)cc1. The van der Waals surface area contributed by atoms with Crippen LogP contribution < -0.4 is 14.8 Å². The summed E-state index contributed by atoms with van der Waals surface area (Å²) >= 11 is 0. The van der Waals surface area contributed by atoms with Gasteiger partial charge in [0.15, 0.2) is 6.10 Å². The molecule has 1 atom stereocenters. The van der Waals surface area contributed by atoms with E-state index in [1.54, 1.807) is 48.5 Å². The van der Waals surface area contributed by atoms with Crippen molar-refractivity contribution in [1.82, 2.24) is 0 Å². The van der Waals surface area contributed by atoms with Crippen molar-refractivity contribution in [1.29, 1.82) is 0 Å². The molecule has 0 saturated heterocycles. The maximum atomic E-state index is 12.4. The lowest BCUT2D eigenvalue weighted by Gasteiger charge is -2.15. The van der Waals surface area contributed by atoms with Crippen LogP contribution in [0.4, 0.5) is 5.69 Å². The molecule has 0 aliphatic heterocycles. The second-order valence-corrected chi connectivity index (χ2v) is 6.54. The number of benzene rings is 3. The predicted molar refractivity (Wildman–Crippen MR) is 114 cm³/mol. The van der Waals surface area contributed by atoms with Crippen molar-refractivity contribution < 1.29 is 23.8 Å². The Hall–Kier alpha value is -3.80. The largest absolute Gasteiger partial charge is 0.495 e. The highest BCUT2D eigenvalue weighted by molar-refractivity contribution is 5.98. The van der Waals surface area contributed by atoms with Crippen LogP contribution in [0.15, 0.2) is 78.9 Å². The van der Waals surface area contributed by atoms with Gasteiger partial charge in [0.1, 0.15) is 18.1 Å². The monoisotopic (exact) mass is 405 g/mol. The molecule has 0 heterocycles. The van der Waals surface area contributed by atoms with Crippen molar-refractivity contribution in [2.45, 2.75) is 19.6 Å². The second kappa shape index (κ2) is 10.1. The van der Waals surface area contributed by atoms with Crippen molar-refractivity contribution in [2.75, 3.05) is 12.4 Å². The maximum Gasteiger partial charge on any atom is 0.338 e. The Morgan fingerprint density at radius 3 is 2.27 bits per heavy atom. The third-order valence-electron chi connectivity index (χ3n) is 4.36. The van der Waals surface area contributed by atoms with E-state index in [-0.39, 0.29) is 0 Å². The van der Waals surface area contributed by atoms with Crippen LogP contribution >= 0.6 is 0 Å². The summed E-state index contributed by atoms with van der Waals surface area (Å²) in [4.78, 5) is 24.7. The summed E-state index contributed by atoms with van der Waals surface area (Å²) in [7, 11) is 1.52. The molecule has 1 N–H and O–H groups in total. The summed E-state index contributed by atoms with van der Waals surface area (Å²) in [5.41, 5.74) is 1.89. The molecule has 3 rings (SSSR count). The van der Waals surface area contributed by atoms with Crippen LogP contribution in [0.3, 0.4) is 0 Å². The van der Waals surface area contributed by atoms with Gasteiger partial charge in [-0.05, 0) is 48.9 Å². The highest BCUT2D eigenvalue weighted by Gasteiger charge is 2.20. The van der Waals surface area contributed by atoms with E-state index in [2.05, 4.69) is 5.32 Å². The molecule has 6 nitrogen and oxygen atoms in total. The van der Waals surface area contributed by atoms with Gasteiger partial charge < -0.3 is 19.5 Å². The van der Waals surface area contributed by atoms with Gasteiger partial charge >= 0.3 is 5.97 Å². The van der Waals surface area contributed by atoms with Crippen molar-refractivity contribution in [3.8, 4) is 11.5 Å². The highest BCUT2D eigenvalue weighted by atomic mass is 16.5. The average molecular weight is 405 g/mol. The molecule has 0 fully saturated rings. The smallest absolute Gasteiger partial charge is 0.338 e. The minimum absolute atomic E-state index is 0.332. The summed E-state index contributed by atoms with van der Waals surface area (Å²) in [6.07, 6.45) is -0.976. The van der Waals surface area contributed by atoms with Crippen LogP contribution in [0.5, 0.6) is 11.5 Å². The van der Waals surface area contributed by atoms with E-state index in [0.29, 0.717) is 29.4 Å². The first-order chi connectivity index (χ1) is 14.6. The molecular weight excluding hydrogens is 382 g/mol. The minimum atomic E-state index is -0.976. The number of hydrogen-bond acceptors (Lipinski definition) is 5. The van der Waals surface area contributed by atoms with Crippen molar-refractivity contribution >= 4 is 17.6 Å². The topological polar surface area (TPSA) is 73.9 Å². The van der Waals surface area contributed by atoms with Gasteiger partial charge in [-0.3, -0.25) is 4.79 Å². The fraction of sp³-hybridized carbons (Fsp3) is 0.167. The number of para-hydroxylation sites is 2. The Kier molecular flexibility index (Phi) is 7.05. The summed E-state index contributed by atoms with van der Waals surface area (Å²) in [6.45, 7) is 1.95. The zero-order chi connectivity index (χ0) is 21.3. The summed E-state index contributed by atoms with van der Waals surface area (Å²) in [5.74, 6) is 0.121. The van der Waals surface area contributed by atoms with Crippen molar-refractivity contribution in [3.05, 3.63) is 90.0 Å². The molecule has 0 spiro atoms. The number of anilines is 1. The number of carbonyl (C=O) groups excluding carboxylic acids is 2. The van der Waals surface area contributed by atoms with Gasteiger partial charge in [-0.1, -0.05) is 42.5 Å². The van der Waals surface area contributed by atoms with Gasteiger partial charge in [-0.15, -0.1) is 0 Å². The normalized spacial score (nSPS) is 11.3. The van der Waals surface area contributed by atoms with Gasteiger partial charge in [0, 0.05) is 0 Å². The lowest BCUT2D eigenvalue weighted by Crippen LogP contribution is -2.30. The molecule has 0 aliphatic rings. The molecule has 0 radical (unpaired) electrons. The molecule has 6 heteroatoms. The molecule has 0 aromatic heterocycles. The van der Waals surface area contributed by atoms with E-state index in [1.807, 2.05) is 30.3 Å². The number of ether oxygens (including phenoxy) is 3. The summed E-state index contributed by atoms with van der Waals surface area (Å²) in [6, 6.07) is 23.4. The quantitative estimate of drug-likeness (QED) is 0.560. The van der Waals surface area contributed by atoms with Crippen LogP contribution in [-0.2, 0) is 16.1 Å². The fourth-order valence-electron chi connectivity index (χ4n) is 2.69. The first-order valence-corrected chi connectivity index (χ1v) is 9.48. The van der Waals surface area contributed by atoms with Crippen molar-refractivity contribution in [3.63, 3.8) is 0 Å². The van der Waals surface area contributed by atoms with E-state index in [1.165, 1.54) is 14.0 Å². The third kappa shape index (κ3) is 5.61. The van der Waals surface area contributed by atoms with Gasteiger partial charge in [-0.2, -0.15) is 0 Å². The molecule has 3 aromatic rings. The highest BCUT2D eigenvalue weighted by Crippen LogP contribution is 2.23. The molecular formula is C24H23NO5. The molecule has 0 unspecified atom stereocenters. The van der Waals surface area contributed by atoms with E-state index < -0.39 is 18.0 Å². The Morgan fingerprint density at radius 1 is 0.900 bits per heavy atom. The molecule has 0 saturated carbocycles. The van der Waals surface area contributed by atoms with Crippen LogP contribution in [0, 0.1) is 0 Å². The minimum Gasteiger partial charge on any atom is -0.495 e. The van der Waals surface area contributed by atoms with Gasteiger partial charge in [0.2, 0.25) is 0 Å². The Bertz CT molecular complexity index is 986. The van der Waals surface area contributed by atoms with E-state index in [4.69, 9.17) is 14.2 Å². The average Bonchev–Trinajstić information content (AvgIpc) is 2.79.